The van der Waals surface area contributed by atoms with Crippen LogP contribution in [0, 0.1) is 0 Å². The maximum Gasteiger partial charge on any atom is 0.342 e. The summed E-state index contributed by atoms with van der Waals surface area (Å²) in [7, 11) is 0. The Hall–Kier alpha value is -2.30. The lowest BCUT2D eigenvalue weighted by Crippen LogP contribution is -2.16. The standard InChI is InChI=1S/C18H22O5/c1-12-6-5-9-14(19)8-4-2-3-7-13-10-15(20)11-16(21)17(13)18(22)23-12/h3,7,10-12,20-21H,2,4-6,8-9H2,1H3/b7-3+/i1D3,6D2,12D. The molecule has 0 aromatic heterocycles. The van der Waals surface area contributed by atoms with E-state index in [-0.39, 0.29) is 29.9 Å². The Labute approximate surface area is 144 Å². The summed E-state index contributed by atoms with van der Waals surface area (Å²) < 4.78 is 52.0. The number of ether oxygens (including phenoxy) is 1. The molecule has 5 nitrogen and oxygen atoms in total. The van der Waals surface area contributed by atoms with Crippen LogP contribution in [0.15, 0.2) is 18.2 Å². The maximum absolute atomic E-state index is 12.7. The molecule has 1 aliphatic rings. The van der Waals surface area contributed by atoms with Gasteiger partial charge in [-0.25, -0.2) is 4.79 Å². The van der Waals surface area contributed by atoms with Crippen LogP contribution in [0.3, 0.4) is 0 Å². The summed E-state index contributed by atoms with van der Waals surface area (Å²) in [5.74, 6) is -2.79. The van der Waals surface area contributed by atoms with E-state index in [1.807, 2.05) is 0 Å². The Balaban J connectivity index is 2.62. The lowest BCUT2D eigenvalue weighted by Gasteiger charge is -2.15. The molecule has 1 unspecified atom stereocenters. The average Bonchev–Trinajstić information content (AvgIpc) is 2.57. The molecule has 1 aromatic rings. The number of ketones is 1. The molecule has 0 bridgehead atoms. The molecule has 23 heavy (non-hydrogen) atoms. The van der Waals surface area contributed by atoms with Crippen molar-refractivity contribution in [2.24, 2.45) is 0 Å². The number of phenolic OH excluding ortho intramolecular Hbond substituents is 2. The number of hydrogen-bond donors (Lipinski definition) is 2. The van der Waals surface area contributed by atoms with E-state index >= 15 is 0 Å². The second-order valence-corrected chi connectivity index (χ2v) is 5.16. The van der Waals surface area contributed by atoms with Crippen molar-refractivity contribution in [3.05, 3.63) is 29.3 Å². The SMILES string of the molecule is [2H]C([2H])([2H])C1([2H])OC(=O)c2c(O)cc(O)cc2/C=C/CCCC(=O)CCC1([2H])[2H]. The van der Waals surface area contributed by atoms with E-state index in [2.05, 4.69) is 0 Å². The first-order valence-electron chi connectivity index (χ1n) is 10.3. The first kappa shape index (κ1) is 10.5. The number of carbonyl (C=O) groups is 2. The van der Waals surface area contributed by atoms with Crippen molar-refractivity contribution >= 4 is 17.8 Å². The zero-order valence-electron chi connectivity index (χ0n) is 18.5. The van der Waals surface area contributed by atoms with Crippen molar-refractivity contribution in [3.8, 4) is 11.5 Å². The Kier molecular flexibility index (Phi) is 3.56. The molecular weight excluding hydrogens is 296 g/mol. The second-order valence-electron chi connectivity index (χ2n) is 5.16. The van der Waals surface area contributed by atoms with Crippen LogP contribution >= 0.6 is 0 Å². The highest BCUT2D eigenvalue weighted by molar-refractivity contribution is 5.97. The molecule has 1 heterocycles. The summed E-state index contributed by atoms with van der Waals surface area (Å²) in [6.45, 7) is -3.38. The minimum Gasteiger partial charge on any atom is -0.508 e. The van der Waals surface area contributed by atoms with Crippen molar-refractivity contribution < 1.29 is 32.8 Å². The van der Waals surface area contributed by atoms with Gasteiger partial charge in [0, 0.05) is 25.8 Å². The highest BCUT2D eigenvalue weighted by Crippen LogP contribution is 2.29. The van der Waals surface area contributed by atoms with E-state index in [4.69, 9.17) is 13.0 Å². The molecule has 2 N–H and O–H groups in total. The van der Waals surface area contributed by atoms with Crippen LogP contribution in [0.5, 0.6) is 11.5 Å². The number of benzene rings is 1. The van der Waals surface area contributed by atoms with E-state index in [1.165, 1.54) is 6.08 Å². The number of carbonyl (C=O) groups excluding carboxylic acids is 2. The molecule has 1 atom stereocenters. The zero-order chi connectivity index (χ0) is 22.0. The molecule has 0 radical (unpaired) electrons. The number of esters is 1. The summed E-state index contributed by atoms with van der Waals surface area (Å²) in [4.78, 5) is 24.7. The Morgan fingerprint density at radius 3 is 2.87 bits per heavy atom. The third-order valence-electron chi connectivity index (χ3n) is 3.34. The van der Waals surface area contributed by atoms with Gasteiger partial charge < -0.3 is 14.9 Å². The summed E-state index contributed by atoms with van der Waals surface area (Å²) in [6.07, 6.45) is -3.11. The van der Waals surface area contributed by atoms with Crippen molar-refractivity contribution in [2.45, 2.75) is 51.4 Å². The van der Waals surface area contributed by atoms with E-state index in [9.17, 15) is 19.8 Å². The molecule has 0 saturated carbocycles. The average molecular weight is 324 g/mol. The number of cyclic esters (lactones) is 1. The minimum atomic E-state index is -3.38. The summed E-state index contributed by atoms with van der Waals surface area (Å²) >= 11 is 0. The van der Waals surface area contributed by atoms with Gasteiger partial charge in [-0.05, 0) is 44.1 Å². The normalized spacial score (nSPS) is 31.7. The molecule has 1 aliphatic heterocycles. The second kappa shape index (κ2) is 7.81. The van der Waals surface area contributed by atoms with Gasteiger partial charge >= 0.3 is 5.97 Å². The van der Waals surface area contributed by atoms with Crippen molar-refractivity contribution in [1.29, 1.82) is 0 Å². The number of fused-ring (bicyclic) bond motifs is 1. The first-order valence-corrected chi connectivity index (χ1v) is 7.26. The van der Waals surface area contributed by atoms with Gasteiger partial charge in [-0.2, -0.15) is 0 Å². The van der Waals surface area contributed by atoms with Gasteiger partial charge in [0.2, 0.25) is 0 Å². The number of Topliss-reactive ketones (excluding diaryl/α,β-unsaturated/α-hetero) is 1. The van der Waals surface area contributed by atoms with Crippen molar-refractivity contribution in [1.82, 2.24) is 0 Å². The Bertz CT molecular complexity index is 833. The van der Waals surface area contributed by atoms with Crippen LogP contribution in [-0.4, -0.2) is 28.0 Å². The van der Waals surface area contributed by atoms with Gasteiger partial charge in [0.15, 0.2) is 0 Å². The number of hydrogen-bond acceptors (Lipinski definition) is 5. The van der Waals surface area contributed by atoms with Crippen LogP contribution < -0.4 is 0 Å². The van der Waals surface area contributed by atoms with Gasteiger partial charge in [0.25, 0.3) is 0 Å². The van der Waals surface area contributed by atoms with E-state index in [0.717, 1.165) is 12.1 Å². The van der Waals surface area contributed by atoms with Crippen molar-refractivity contribution in [3.63, 3.8) is 0 Å². The largest absolute Gasteiger partial charge is 0.508 e. The molecule has 1 aromatic carbocycles. The molecule has 0 spiro atoms. The molecule has 124 valence electrons. The fourth-order valence-corrected chi connectivity index (χ4v) is 2.23. The topological polar surface area (TPSA) is 83.8 Å². The third-order valence-corrected chi connectivity index (χ3v) is 3.34. The lowest BCUT2D eigenvalue weighted by molar-refractivity contribution is -0.119. The van der Waals surface area contributed by atoms with Crippen LogP contribution in [0.4, 0.5) is 0 Å². The monoisotopic (exact) mass is 324 g/mol. The quantitative estimate of drug-likeness (QED) is 0.713. The fraction of sp³-hybridized carbons (Fsp3) is 0.444. The highest BCUT2D eigenvalue weighted by Gasteiger charge is 2.20. The molecule has 5 heteroatoms. The first-order chi connectivity index (χ1) is 13.3. The summed E-state index contributed by atoms with van der Waals surface area (Å²) in [5.41, 5.74) is -0.492. The van der Waals surface area contributed by atoms with Gasteiger partial charge in [-0.15, -0.1) is 0 Å². The van der Waals surface area contributed by atoms with E-state index < -0.39 is 43.0 Å². The summed E-state index contributed by atoms with van der Waals surface area (Å²) in [6, 6.07) is 1.99. The zero-order valence-corrected chi connectivity index (χ0v) is 12.5. The molecule has 0 aliphatic carbocycles. The van der Waals surface area contributed by atoms with E-state index in [0.29, 0.717) is 12.8 Å². The summed E-state index contributed by atoms with van der Waals surface area (Å²) in [5, 5.41) is 19.8. The van der Waals surface area contributed by atoms with Crippen LogP contribution in [0.1, 0.15) is 69.5 Å². The number of phenols is 2. The lowest BCUT2D eigenvalue weighted by atomic mass is 10.0. The minimum absolute atomic E-state index is 0.00402. The molecule has 0 amide bonds. The Morgan fingerprint density at radius 2 is 2.09 bits per heavy atom. The Morgan fingerprint density at radius 1 is 1.30 bits per heavy atom. The number of allylic oxidation sites excluding steroid dienone is 1. The van der Waals surface area contributed by atoms with Crippen LogP contribution in [-0.2, 0) is 9.53 Å². The molecule has 0 saturated heterocycles. The van der Waals surface area contributed by atoms with E-state index in [1.54, 1.807) is 6.08 Å². The molecular formula is C18H22O5. The van der Waals surface area contributed by atoms with Gasteiger partial charge in [-0.3, -0.25) is 4.79 Å². The molecule has 2 rings (SSSR count). The van der Waals surface area contributed by atoms with Crippen LogP contribution in [0.2, 0.25) is 0 Å². The van der Waals surface area contributed by atoms with Crippen LogP contribution in [0.25, 0.3) is 6.08 Å². The van der Waals surface area contributed by atoms with Gasteiger partial charge in [0.05, 0.1) is 7.45 Å². The fourth-order valence-electron chi connectivity index (χ4n) is 2.23. The van der Waals surface area contributed by atoms with Crippen molar-refractivity contribution in [2.75, 3.05) is 0 Å². The highest BCUT2D eigenvalue weighted by atomic mass is 16.5. The number of aromatic hydroxyl groups is 2. The third kappa shape index (κ3) is 4.84. The van der Waals surface area contributed by atoms with Gasteiger partial charge in [0.1, 0.15) is 22.8 Å². The number of rotatable bonds is 0. The predicted molar refractivity (Wildman–Crippen MR) is 86.4 cm³/mol. The molecule has 0 fully saturated rings. The van der Waals surface area contributed by atoms with Gasteiger partial charge in [-0.1, -0.05) is 12.2 Å². The maximum atomic E-state index is 12.7. The predicted octanol–water partition coefficient (Wildman–Crippen LogP) is 3.58. The smallest absolute Gasteiger partial charge is 0.342 e.